The number of rotatable bonds is 4. The minimum atomic E-state index is -0.00784. The van der Waals surface area contributed by atoms with Gasteiger partial charge in [-0.3, -0.25) is 0 Å². The van der Waals surface area contributed by atoms with E-state index in [0.717, 1.165) is 17.9 Å². The molecule has 0 saturated heterocycles. The second-order valence-electron chi connectivity index (χ2n) is 4.52. The molecule has 4 heteroatoms. The summed E-state index contributed by atoms with van der Waals surface area (Å²) in [6.07, 6.45) is 1.00. The smallest absolute Gasteiger partial charge is 0.171 e. The summed E-state index contributed by atoms with van der Waals surface area (Å²) in [5, 5.41) is 7.03. The molecule has 0 saturated carbocycles. The molecule has 17 heavy (non-hydrogen) atoms. The SMILES string of the molecule is CCC(C)(C)NC(=S)Nc1ccccc1OC. The fourth-order valence-electron chi connectivity index (χ4n) is 1.30. The quantitative estimate of drug-likeness (QED) is 0.806. The summed E-state index contributed by atoms with van der Waals surface area (Å²) in [5.41, 5.74) is 0.867. The second kappa shape index (κ2) is 5.87. The fraction of sp³-hybridized carbons (Fsp3) is 0.462. The molecule has 0 unspecified atom stereocenters. The maximum atomic E-state index is 5.28. The van der Waals surface area contributed by atoms with Crippen LogP contribution in [0.3, 0.4) is 0 Å². The van der Waals surface area contributed by atoms with E-state index in [1.54, 1.807) is 7.11 Å². The molecule has 1 aromatic carbocycles. The number of thiocarbonyl (C=S) groups is 1. The highest BCUT2D eigenvalue weighted by Crippen LogP contribution is 2.23. The summed E-state index contributed by atoms with van der Waals surface area (Å²) in [6, 6.07) is 7.70. The Hall–Kier alpha value is -1.29. The third-order valence-corrected chi connectivity index (χ3v) is 2.90. The zero-order valence-electron chi connectivity index (χ0n) is 10.8. The van der Waals surface area contributed by atoms with E-state index in [0.29, 0.717) is 5.11 Å². The first-order chi connectivity index (χ1) is 7.98. The van der Waals surface area contributed by atoms with Crippen molar-refractivity contribution in [1.82, 2.24) is 5.32 Å². The molecule has 0 spiro atoms. The second-order valence-corrected chi connectivity index (χ2v) is 4.93. The van der Waals surface area contributed by atoms with Crippen LogP contribution >= 0.6 is 12.2 Å². The van der Waals surface area contributed by atoms with E-state index in [1.165, 1.54) is 0 Å². The largest absolute Gasteiger partial charge is 0.495 e. The first-order valence-corrected chi connectivity index (χ1v) is 6.11. The highest BCUT2D eigenvalue weighted by Gasteiger charge is 2.16. The fourth-order valence-corrected chi connectivity index (χ4v) is 1.68. The Morgan fingerprint density at radius 3 is 2.59 bits per heavy atom. The van der Waals surface area contributed by atoms with E-state index >= 15 is 0 Å². The van der Waals surface area contributed by atoms with Crippen molar-refractivity contribution in [2.75, 3.05) is 12.4 Å². The lowest BCUT2D eigenvalue weighted by Gasteiger charge is -2.26. The Labute approximate surface area is 109 Å². The van der Waals surface area contributed by atoms with Gasteiger partial charge in [-0.05, 0) is 44.6 Å². The Bertz CT molecular complexity index is 391. The van der Waals surface area contributed by atoms with E-state index < -0.39 is 0 Å². The van der Waals surface area contributed by atoms with Crippen molar-refractivity contribution in [3.8, 4) is 5.75 Å². The monoisotopic (exact) mass is 252 g/mol. The molecular formula is C13H20N2OS. The van der Waals surface area contributed by atoms with Crippen molar-refractivity contribution in [3.63, 3.8) is 0 Å². The topological polar surface area (TPSA) is 33.3 Å². The van der Waals surface area contributed by atoms with Crippen molar-refractivity contribution in [2.45, 2.75) is 32.7 Å². The van der Waals surface area contributed by atoms with Crippen LogP contribution in [0.4, 0.5) is 5.69 Å². The van der Waals surface area contributed by atoms with Gasteiger partial charge in [0.15, 0.2) is 5.11 Å². The number of para-hydroxylation sites is 2. The van der Waals surface area contributed by atoms with Crippen molar-refractivity contribution in [3.05, 3.63) is 24.3 Å². The van der Waals surface area contributed by atoms with Crippen LogP contribution in [0.2, 0.25) is 0 Å². The minimum Gasteiger partial charge on any atom is -0.495 e. The molecule has 0 fully saturated rings. The zero-order valence-corrected chi connectivity index (χ0v) is 11.6. The molecule has 3 nitrogen and oxygen atoms in total. The predicted molar refractivity (Wildman–Crippen MR) is 76.7 cm³/mol. The maximum absolute atomic E-state index is 5.28. The molecule has 0 aliphatic rings. The van der Waals surface area contributed by atoms with Crippen LogP contribution in [-0.4, -0.2) is 17.8 Å². The lowest BCUT2D eigenvalue weighted by Crippen LogP contribution is -2.44. The number of ether oxygens (including phenoxy) is 1. The Balaban J connectivity index is 2.68. The number of nitrogens with one attached hydrogen (secondary N) is 2. The maximum Gasteiger partial charge on any atom is 0.171 e. The van der Waals surface area contributed by atoms with Crippen LogP contribution < -0.4 is 15.4 Å². The van der Waals surface area contributed by atoms with E-state index in [2.05, 4.69) is 31.4 Å². The normalized spacial score (nSPS) is 10.8. The molecule has 0 aromatic heterocycles. The first-order valence-electron chi connectivity index (χ1n) is 5.70. The van der Waals surface area contributed by atoms with Gasteiger partial charge < -0.3 is 15.4 Å². The first kappa shape index (κ1) is 13.8. The van der Waals surface area contributed by atoms with Gasteiger partial charge in [0, 0.05) is 5.54 Å². The third kappa shape index (κ3) is 4.23. The van der Waals surface area contributed by atoms with Crippen LogP contribution in [0.15, 0.2) is 24.3 Å². The number of anilines is 1. The predicted octanol–water partition coefficient (Wildman–Crippen LogP) is 3.17. The highest BCUT2D eigenvalue weighted by atomic mass is 32.1. The summed E-state index contributed by atoms with van der Waals surface area (Å²) in [6.45, 7) is 6.35. The molecule has 94 valence electrons. The number of methoxy groups -OCH3 is 1. The van der Waals surface area contributed by atoms with Crippen LogP contribution in [0, 0.1) is 0 Å². The van der Waals surface area contributed by atoms with Crippen LogP contribution in [0.1, 0.15) is 27.2 Å². The Kier molecular flexibility index (Phi) is 4.75. The molecule has 0 aliphatic carbocycles. The van der Waals surface area contributed by atoms with Crippen LogP contribution in [-0.2, 0) is 0 Å². The van der Waals surface area contributed by atoms with Crippen molar-refractivity contribution >= 4 is 23.0 Å². The number of benzene rings is 1. The zero-order chi connectivity index (χ0) is 12.9. The Morgan fingerprint density at radius 2 is 2.00 bits per heavy atom. The van der Waals surface area contributed by atoms with E-state index in [4.69, 9.17) is 17.0 Å². The van der Waals surface area contributed by atoms with Crippen LogP contribution in [0.5, 0.6) is 5.75 Å². The molecular weight excluding hydrogens is 232 g/mol. The summed E-state index contributed by atoms with van der Waals surface area (Å²) in [5.74, 6) is 0.783. The van der Waals surface area contributed by atoms with E-state index in [9.17, 15) is 0 Å². The molecule has 0 amide bonds. The highest BCUT2D eigenvalue weighted by molar-refractivity contribution is 7.80. The third-order valence-electron chi connectivity index (χ3n) is 2.69. The van der Waals surface area contributed by atoms with Gasteiger partial charge in [0.25, 0.3) is 0 Å². The van der Waals surface area contributed by atoms with E-state index in [1.807, 2.05) is 24.3 Å². The lowest BCUT2D eigenvalue weighted by molar-refractivity contribution is 0.416. The molecule has 0 atom stereocenters. The van der Waals surface area contributed by atoms with Gasteiger partial charge in [-0.25, -0.2) is 0 Å². The minimum absolute atomic E-state index is 0.00784. The average molecular weight is 252 g/mol. The van der Waals surface area contributed by atoms with Gasteiger partial charge in [0.1, 0.15) is 5.75 Å². The van der Waals surface area contributed by atoms with Gasteiger partial charge in [0.05, 0.1) is 12.8 Å². The molecule has 0 heterocycles. The summed E-state index contributed by atoms with van der Waals surface area (Å²) >= 11 is 5.28. The van der Waals surface area contributed by atoms with Crippen molar-refractivity contribution in [2.24, 2.45) is 0 Å². The summed E-state index contributed by atoms with van der Waals surface area (Å²) in [7, 11) is 1.65. The average Bonchev–Trinajstić information content (AvgIpc) is 2.29. The van der Waals surface area contributed by atoms with Gasteiger partial charge in [-0.15, -0.1) is 0 Å². The molecule has 1 aromatic rings. The Morgan fingerprint density at radius 1 is 1.35 bits per heavy atom. The molecule has 0 radical (unpaired) electrons. The molecule has 1 rings (SSSR count). The lowest BCUT2D eigenvalue weighted by atomic mass is 10.0. The summed E-state index contributed by atoms with van der Waals surface area (Å²) < 4.78 is 5.25. The van der Waals surface area contributed by atoms with Crippen molar-refractivity contribution in [1.29, 1.82) is 0 Å². The molecule has 0 bridgehead atoms. The number of hydrogen-bond acceptors (Lipinski definition) is 2. The molecule has 0 aliphatic heterocycles. The molecule has 2 N–H and O–H groups in total. The van der Waals surface area contributed by atoms with Crippen molar-refractivity contribution < 1.29 is 4.74 Å². The standard InChI is InChI=1S/C13H20N2OS/c1-5-13(2,3)15-12(17)14-10-8-6-7-9-11(10)16-4/h6-9H,5H2,1-4H3,(H2,14,15,17). The van der Waals surface area contributed by atoms with Crippen LogP contribution in [0.25, 0.3) is 0 Å². The van der Waals surface area contributed by atoms with Gasteiger partial charge in [0.2, 0.25) is 0 Å². The summed E-state index contributed by atoms with van der Waals surface area (Å²) in [4.78, 5) is 0. The van der Waals surface area contributed by atoms with Gasteiger partial charge in [-0.2, -0.15) is 0 Å². The number of hydrogen-bond donors (Lipinski definition) is 2. The van der Waals surface area contributed by atoms with Gasteiger partial charge in [-0.1, -0.05) is 19.1 Å². The van der Waals surface area contributed by atoms with Gasteiger partial charge >= 0.3 is 0 Å². The van der Waals surface area contributed by atoms with E-state index in [-0.39, 0.29) is 5.54 Å².